The largest absolute Gasteiger partial charge is 0.366 e. The predicted octanol–water partition coefficient (Wildman–Crippen LogP) is 5.52. The quantitative estimate of drug-likeness (QED) is 0.550. The number of benzene rings is 1. The molecular weight excluding hydrogens is 352 g/mol. The molecule has 2 N–H and O–H groups in total. The van der Waals surface area contributed by atoms with Crippen molar-refractivity contribution in [2.75, 3.05) is 0 Å². The second kappa shape index (κ2) is 8.57. The summed E-state index contributed by atoms with van der Waals surface area (Å²) in [6, 6.07) is 12.5. The minimum Gasteiger partial charge on any atom is -0.366 e. The van der Waals surface area contributed by atoms with Crippen molar-refractivity contribution >= 4 is 17.2 Å². The summed E-state index contributed by atoms with van der Waals surface area (Å²) >= 11 is 1.78. The van der Waals surface area contributed by atoms with Gasteiger partial charge >= 0.3 is 0 Å². The summed E-state index contributed by atoms with van der Waals surface area (Å²) in [6.07, 6.45) is 4.14. The molecule has 2 aromatic heterocycles. The van der Waals surface area contributed by atoms with E-state index >= 15 is 0 Å². The van der Waals surface area contributed by atoms with Gasteiger partial charge in [-0.25, -0.2) is 0 Å². The molecule has 142 valence electrons. The highest BCUT2D eigenvalue weighted by Crippen LogP contribution is 2.35. The van der Waals surface area contributed by atoms with Crippen LogP contribution in [0.1, 0.15) is 52.0 Å². The van der Waals surface area contributed by atoms with Crippen LogP contribution in [0.3, 0.4) is 0 Å². The highest BCUT2D eigenvalue weighted by Gasteiger charge is 2.25. The summed E-state index contributed by atoms with van der Waals surface area (Å²) in [5.74, 6) is -0.335. The second-order valence-corrected chi connectivity index (χ2v) is 8.08. The van der Waals surface area contributed by atoms with Gasteiger partial charge in [-0.1, -0.05) is 43.7 Å². The Balaban J connectivity index is 2.15. The number of aromatic nitrogens is 1. The minimum atomic E-state index is -0.335. The van der Waals surface area contributed by atoms with Gasteiger partial charge in [0, 0.05) is 28.4 Å². The van der Waals surface area contributed by atoms with Crippen LogP contribution in [-0.2, 0) is 19.4 Å². The Labute approximate surface area is 165 Å². The fourth-order valence-corrected chi connectivity index (χ4v) is 4.52. The second-order valence-electron chi connectivity index (χ2n) is 7.05. The number of hydrogen-bond acceptors (Lipinski definition) is 2. The maximum atomic E-state index is 12.4. The molecule has 1 amide bonds. The van der Waals surface area contributed by atoms with Gasteiger partial charge in [-0.3, -0.25) is 4.79 Å². The van der Waals surface area contributed by atoms with Crippen LogP contribution in [-0.4, -0.2) is 10.5 Å². The summed E-state index contributed by atoms with van der Waals surface area (Å²) < 4.78 is 2.33. The summed E-state index contributed by atoms with van der Waals surface area (Å²) in [7, 11) is 0. The summed E-state index contributed by atoms with van der Waals surface area (Å²) in [5, 5.41) is 2.11. The molecule has 0 aliphatic rings. The Bertz CT molecular complexity index is 922. The van der Waals surface area contributed by atoms with Crippen molar-refractivity contribution in [3.8, 4) is 11.1 Å². The number of amides is 1. The number of primary amides is 1. The number of unbranched alkanes of at least 4 members (excludes halogenated alkanes) is 1. The Kier molecular flexibility index (Phi) is 6.17. The fourth-order valence-electron chi connectivity index (χ4n) is 3.83. The first kappa shape index (κ1) is 19.4. The number of thiophene rings is 1. The molecule has 0 aliphatic carbocycles. The molecule has 27 heavy (non-hydrogen) atoms. The summed E-state index contributed by atoms with van der Waals surface area (Å²) in [5.41, 5.74) is 12.1. The summed E-state index contributed by atoms with van der Waals surface area (Å²) in [6.45, 7) is 7.21. The van der Waals surface area contributed by atoms with E-state index in [1.54, 1.807) is 11.3 Å². The van der Waals surface area contributed by atoms with E-state index in [1.165, 1.54) is 16.1 Å². The van der Waals surface area contributed by atoms with Crippen molar-refractivity contribution in [1.82, 2.24) is 4.57 Å². The number of nitrogens with two attached hydrogens (primary N) is 1. The van der Waals surface area contributed by atoms with Gasteiger partial charge in [0.05, 0.1) is 5.56 Å². The zero-order valence-corrected chi connectivity index (χ0v) is 17.2. The lowest BCUT2D eigenvalue weighted by atomic mass is 9.94. The van der Waals surface area contributed by atoms with Crippen LogP contribution < -0.4 is 5.73 Å². The van der Waals surface area contributed by atoms with E-state index in [4.69, 9.17) is 5.73 Å². The van der Waals surface area contributed by atoms with E-state index in [0.29, 0.717) is 5.56 Å². The molecule has 2 heterocycles. The Hall–Kier alpha value is -2.33. The molecule has 0 radical (unpaired) electrons. The van der Waals surface area contributed by atoms with E-state index in [-0.39, 0.29) is 5.91 Å². The first-order chi connectivity index (χ1) is 13.0. The lowest BCUT2D eigenvalue weighted by Crippen LogP contribution is -2.14. The molecule has 3 rings (SSSR count). The maximum Gasteiger partial charge on any atom is 0.251 e. The summed E-state index contributed by atoms with van der Waals surface area (Å²) in [4.78, 5) is 13.8. The molecule has 0 bridgehead atoms. The van der Waals surface area contributed by atoms with Gasteiger partial charge in [0.25, 0.3) is 5.91 Å². The first-order valence-electron chi connectivity index (χ1n) is 9.64. The van der Waals surface area contributed by atoms with E-state index < -0.39 is 0 Å². The van der Waals surface area contributed by atoms with Crippen molar-refractivity contribution in [1.29, 1.82) is 0 Å². The molecule has 0 saturated carbocycles. The highest BCUT2D eigenvalue weighted by atomic mass is 32.1. The average Bonchev–Trinajstić information content (AvgIpc) is 3.25. The fraction of sp³-hybridized carbons (Fsp3) is 0.348. The molecule has 3 aromatic rings. The first-order valence-corrected chi connectivity index (χ1v) is 10.5. The molecule has 0 atom stereocenters. The molecule has 3 nitrogen and oxygen atoms in total. The number of rotatable bonds is 8. The molecule has 0 spiro atoms. The lowest BCUT2D eigenvalue weighted by Gasteiger charge is -2.14. The Morgan fingerprint density at radius 3 is 2.52 bits per heavy atom. The average molecular weight is 381 g/mol. The third-order valence-corrected chi connectivity index (χ3v) is 6.16. The third kappa shape index (κ3) is 4.01. The molecule has 0 aliphatic heterocycles. The molecule has 0 saturated heterocycles. The van der Waals surface area contributed by atoms with Gasteiger partial charge < -0.3 is 10.3 Å². The number of aryl methyl sites for hydroxylation is 2. The maximum absolute atomic E-state index is 12.4. The zero-order chi connectivity index (χ0) is 19.4. The van der Waals surface area contributed by atoms with E-state index in [2.05, 4.69) is 48.1 Å². The van der Waals surface area contributed by atoms with Crippen LogP contribution in [0.25, 0.3) is 11.1 Å². The standard InChI is InChI=1S/C23H28N2OS/c1-4-5-12-20-22(19-11-7-6-9-16(19)2)21(23(24)26)17(3)25(20)14-13-18-10-8-15-27-18/h6-11,15H,4-5,12-14H2,1-3H3,(H2,24,26). The van der Waals surface area contributed by atoms with Crippen molar-refractivity contribution in [3.63, 3.8) is 0 Å². The lowest BCUT2D eigenvalue weighted by molar-refractivity contribution is 0.1000. The topological polar surface area (TPSA) is 48.0 Å². The highest BCUT2D eigenvalue weighted by molar-refractivity contribution is 7.09. The normalized spacial score (nSPS) is 11.1. The number of hydrogen-bond donors (Lipinski definition) is 1. The molecule has 4 heteroatoms. The van der Waals surface area contributed by atoms with Gasteiger partial charge in [-0.05, 0) is 55.7 Å². The van der Waals surface area contributed by atoms with E-state index in [9.17, 15) is 4.79 Å². The van der Waals surface area contributed by atoms with Crippen LogP contribution in [0, 0.1) is 13.8 Å². The monoisotopic (exact) mass is 380 g/mol. The van der Waals surface area contributed by atoms with Crippen LogP contribution in [0.4, 0.5) is 0 Å². The molecule has 0 fully saturated rings. The van der Waals surface area contributed by atoms with Crippen molar-refractivity contribution in [2.45, 2.75) is 53.0 Å². The Morgan fingerprint density at radius 2 is 1.89 bits per heavy atom. The van der Waals surface area contributed by atoms with Crippen LogP contribution in [0.2, 0.25) is 0 Å². The number of nitrogens with zero attached hydrogens (tertiary/aromatic N) is 1. The number of carbonyl (C=O) groups is 1. The van der Waals surface area contributed by atoms with Crippen LogP contribution in [0.15, 0.2) is 41.8 Å². The van der Waals surface area contributed by atoms with Gasteiger partial charge in [0.2, 0.25) is 0 Å². The van der Waals surface area contributed by atoms with Gasteiger partial charge in [-0.2, -0.15) is 0 Å². The minimum absolute atomic E-state index is 0.335. The molecular formula is C23H28N2OS. The zero-order valence-electron chi connectivity index (χ0n) is 16.4. The van der Waals surface area contributed by atoms with Crippen molar-refractivity contribution in [3.05, 3.63) is 69.2 Å². The van der Waals surface area contributed by atoms with Crippen molar-refractivity contribution < 1.29 is 4.79 Å². The number of carbonyl (C=O) groups excluding carboxylic acids is 1. The Morgan fingerprint density at radius 1 is 1.11 bits per heavy atom. The van der Waals surface area contributed by atoms with Gasteiger partial charge in [0.15, 0.2) is 0 Å². The van der Waals surface area contributed by atoms with Crippen LogP contribution >= 0.6 is 11.3 Å². The van der Waals surface area contributed by atoms with Gasteiger partial charge in [-0.15, -0.1) is 11.3 Å². The van der Waals surface area contributed by atoms with E-state index in [1.807, 2.05) is 19.1 Å². The van der Waals surface area contributed by atoms with Gasteiger partial charge in [0.1, 0.15) is 0 Å². The SMILES string of the molecule is CCCCc1c(-c2ccccc2C)c(C(N)=O)c(C)n1CCc1cccs1. The third-order valence-electron chi connectivity index (χ3n) is 5.22. The van der Waals surface area contributed by atoms with E-state index in [0.717, 1.165) is 49.0 Å². The predicted molar refractivity (Wildman–Crippen MR) is 114 cm³/mol. The smallest absolute Gasteiger partial charge is 0.251 e. The van der Waals surface area contributed by atoms with Crippen molar-refractivity contribution in [2.24, 2.45) is 5.73 Å². The van der Waals surface area contributed by atoms with Crippen LogP contribution in [0.5, 0.6) is 0 Å². The molecule has 0 unspecified atom stereocenters. The molecule has 1 aromatic carbocycles.